The highest BCUT2D eigenvalue weighted by Gasteiger charge is 2.17. The molecule has 0 bridgehead atoms. The number of nitrogen functional groups attached to an aromatic ring is 1. The predicted molar refractivity (Wildman–Crippen MR) is 106 cm³/mol. The minimum atomic E-state index is -0.386. The molecule has 0 aliphatic carbocycles. The molecule has 0 saturated carbocycles. The van der Waals surface area contributed by atoms with E-state index in [0.717, 1.165) is 11.3 Å². The fraction of sp³-hybridized carbons (Fsp3) is 0.211. The fourth-order valence-corrected chi connectivity index (χ4v) is 3.41. The Hall–Kier alpha value is -3.07. The monoisotopic (exact) mass is 401 g/mol. The van der Waals surface area contributed by atoms with Gasteiger partial charge in [-0.2, -0.15) is 0 Å². The minimum Gasteiger partial charge on any atom is -0.496 e. The highest BCUT2D eigenvalue weighted by Crippen LogP contribution is 2.23. The summed E-state index contributed by atoms with van der Waals surface area (Å²) < 4.78 is 20.0. The van der Waals surface area contributed by atoms with Crippen LogP contribution in [0.3, 0.4) is 0 Å². The molecule has 1 amide bonds. The molecule has 28 heavy (non-hydrogen) atoms. The largest absolute Gasteiger partial charge is 0.496 e. The van der Waals surface area contributed by atoms with Gasteiger partial charge in [-0.3, -0.25) is 4.79 Å². The van der Waals surface area contributed by atoms with Gasteiger partial charge in [0.15, 0.2) is 5.82 Å². The van der Waals surface area contributed by atoms with E-state index in [1.165, 1.54) is 28.6 Å². The number of nitrogens with zero attached hydrogens (tertiary/aromatic N) is 4. The van der Waals surface area contributed by atoms with E-state index in [1.54, 1.807) is 31.2 Å². The lowest BCUT2D eigenvalue weighted by molar-refractivity contribution is -0.127. The summed E-state index contributed by atoms with van der Waals surface area (Å²) in [5, 5.41) is 8.37. The van der Waals surface area contributed by atoms with Gasteiger partial charge in [-0.15, -0.1) is 10.2 Å². The van der Waals surface area contributed by atoms with Crippen molar-refractivity contribution in [3.8, 4) is 17.1 Å². The molecule has 1 heterocycles. The summed E-state index contributed by atoms with van der Waals surface area (Å²) in [6, 6.07) is 13.5. The van der Waals surface area contributed by atoms with Gasteiger partial charge in [0.2, 0.25) is 11.1 Å². The van der Waals surface area contributed by atoms with E-state index in [4.69, 9.17) is 10.6 Å². The van der Waals surface area contributed by atoms with Crippen molar-refractivity contribution in [2.75, 3.05) is 25.8 Å². The van der Waals surface area contributed by atoms with Crippen LogP contribution in [0.4, 0.5) is 4.39 Å². The Bertz CT molecular complexity index is 978. The van der Waals surface area contributed by atoms with Gasteiger partial charge in [0.05, 0.1) is 12.9 Å². The number of ether oxygens (including phenoxy) is 1. The summed E-state index contributed by atoms with van der Waals surface area (Å²) in [6.07, 6.45) is 0. The molecule has 0 aliphatic rings. The van der Waals surface area contributed by atoms with Crippen LogP contribution in [-0.2, 0) is 11.3 Å². The van der Waals surface area contributed by atoms with E-state index in [2.05, 4.69) is 10.2 Å². The third-order valence-electron chi connectivity index (χ3n) is 4.10. The van der Waals surface area contributed by atoms with Crippen LogP contribution in [-0.4, -0.2) is 45.6 Å². The number of rotatable bonds is 7. The van der Waals surface area contributed by atoms with Crippen molar-refractivity contribution in [3.05, 3.63) is 59.9 Å². The average Bonchev–Trinajstić information content (AvgIpc) is 3.07. The number of amides is 1. The first-order valence-corrected chi connectivity index (χ1v) is 9.43. The van der Waals surface area contributed by atoms with Crippen LogP contribution in [0.15, 0.2) is 53.7 Å². The molecule has 7 nitrogen and oxygen atoms in total. The van der Waals surface area contributed by atoms with Crippen LogP contribution in [0.25, 0.3) is 11.4 Å². The molecule has 2 aromatic carbocycles. The maximum Gasteiger partial charge on any atom is 0.233 e. The van der Waals surface area contributed by atoms with Gasteiger partial charge in [0.25, 0.3) is 0 Å². The van der Waals surface area contributed by atoms with Gasteiger partial charge >= 0.3 is 0 Å². The Morgan fingerprint density at radius 3 is 2.79 bits per heavy atom. The molecular weight excluding hydrogens is 381 g/mol. The Morgan fingerprint density at radius 1 is 1.25 bits per heavy atom. The molecule has 0 radical (unpaired) electrons. The fourth-order valence-electron chi connectivity index (χ4n) is 2.61. The lowest BCUT2D eigenvalue weighted by Gasteiger charge is -2.18. The van der Waals surface area contributed by atoms with Gasteiger partial charge < -0.3 is 15.5 Å². The van der Waals surface area contributed by atoms with E-state index in [9.17, 15) is 9.18 Å². The molecule has 0 saturated heterocycles. The molecule has 0 aliphatic heterocycles. The zero-order valence-corrected chi connectivity index (χ0v) is 16.3. The number of hydrogen-bond acceptors (Lipinski definition) is 6. The zero-order chi connectivity index (χ0) is 20.1. The Kier molecular flexibility index (Phi) is 6.15. The summed E-state index contributed by atoms with van der Waals surface area (Å²) in [5.41, 5.74) is 1.43. The second-order valence-corrected chi connectivity index (χ2v) is 6.98. The lowest BCUT2D eigenvalue weighted by atomic mass is 10.2. The van der Waals surface area contributed by atoms with Crippen LogP contribution < -0.4 is 10.6 Å². The summed E-state index contributed by atoms with van der Waals surface area (Å²) in [7, 11) is 3.32. The summed E-state index contributed by atoms with van der Waals surface area (Å²) in [4.78, 5) is 14.1. The van der Waals surface area contributed by atoms with E-state index in [0.29, 0.717) is 23.1 Å². The standard InChI is InChI=1S/C19H20FN5O2S/c1-24(11-14-6-3-4-9-16(14)27-2)17(26)12-28-19-23-22-18(25(19)21)13-7-5-8-15(20)10-13/h3-10H,11-12,21H2,1-2H3. The minimum absolute atomic E-state index is 0.0915. The van der Waals surface area contributed by atoms with Crippen molar-refractivity contribution in [1.82, 2.24) is 19.8 Å². The highest BCUT2D eigenvalue weighted by atomic mass is 32.2. The van der Waals surface area contributed by atoms with Gasteiger partial charge in [-0.05, 0) is 18.2 Å². The quantitative estimate of drug-likeness (QED) is 0.484. The first-order chi connectivity index (χ1) is 13.5. The molecule has 146 valence electrons. The number of benzene rings is 2. The second kappa shape index (κ2) is 8.75. The summed E-state index contributed by atoms with van der Waals surface area (Å²) in [5.74, 6) is 6.74. The molecule has 3 aromatic rings. The molecule has 0 spiro atoms. The van der Waals surface area contributed by atoms with Gasteiger partial charge in [0.1, 0.15) is 11.6 Å². The Morgan fingerprint density at radius 2 is 2.04 bits per heavy atom. The first-order valence-electron chi connectivity index (χ1n) is 8.44. The topological polar surface area (TPSA) is 86.3 Å². The maximum absolute atomic E-state index is 13.4. The van der Waals surface area contributed by atoms with E-state index in [1.807, 2.05) is 24.3 Å². The normalized spacial score (nSPS) is 10.7. The number of thioether (sulfide) groups is 1. The number of methoxy groups -OCH3 is 1. The van der Waals surface area contributed by atoms with E-state index in [-0.39, 0.29) is 17.5 Å². The van der Waals surface area contributed by atoms with E-state index < -0.39 is 0 Å². The Labute approximate surface area is 166 Å². The van der Waals surface area contributed by atoms with Crippen LogP contribution in [0.5, 0.6) is 5.75 Å². The molecule has 0 unspecified atom stereocenters. The average molecular weight is 401 g/mol. The molecule has 0 fully saturated rings. The van der Waals surface area contributed by atoms with Crippen molar-refractivity contribution in [3.63, 3.8) is 0 Å². The number of nitrogens with two attached hydrogens (primary N) is 1. The molecule has 9 heteroatoms. The first kappa shape index (κ1) is 19.7. The van der Waals surface area contributed by atoms with E-state index >= 15 is 0 Å². The summed E-state index contributed by atoms with van der Waals surface area (Å²) >= 11 is 1.17. The number of hydrogen-bond donors (Lipinski definition) is 1. The van der Waals surface area contributed by atoms with Crippen LogP contribution in [0.1, 0.15) is 5.56 Å². The molecule has 0 atom stereocenters. The number of halogens is 1. The van der Waals surface area contributed by atoms with Crippen molar-refractivity contribution in [2.45, 2.75) is 11.7 Å². The second-order valence-electron chi connectivity index (χ2n) is 6.04. The molecule has 3 rings (SSSR count). The smallest absolute Gasteiger partial charge is 0.233 e. The number of carbonyl (C=O) groups excluding carboxylic acids is 1. The maximum atomic E-state index is 13.4. The van der Waals surface area contributed by atoms with Gasteiger partial charge in [0, 0.05) is 24.7 Å². The molecule has 2 N–H and O–H groups in total. The highest BCUT2D eigenvalue weighted by molar-refractivity contribution is 7.99. The number of para-hydroxylation sites is 1. The SMILES string of the molecule is COc1ccccc1CN(C)C(=O)CSc1nnc(-c2cccc(F)c2)n1N. The van der Waals surface area contributed by atoms with Gasteiger partial charge in [-0.25, -0.2) is 9.07 Å². The zero-order valence-electron chi connectivity index (χ0n) is 15.5. The predicted octanol–water partition coefficient (Wildman–Crippen LogP) is 2.56. The van der Waals surface area contributed by atoms with Crippen molar-refractivity contribution in [1.29, 1.82) is 0 Å². The third kappa shape index (κ3) is 4.42. The van der Waals surface area contributed by atoms with Crippen molar-refractivity contribution >= 4 is 17.7 Å². The van der Waals surface area contributed by atoms with Crippen molar-refractivity contribution in [2.24, 2.45) is 0 Å². The number of carbonyl (C=O) groups is 1. The lowest BCUT2D eigenvalue weighted by Crippen LogP contribution is -2.28. The van der Waals surface area contributed by atoms with Crippen LogP contribution >= 0.6 is 11.8 Å². The number of aromatic nitrogens is 3. The third-order valence-corrected chi connectivity index (χ3v) is 5.03. The Balaban J connectivity index is 1.63. The van der Waals surface area contributed by atoms with Crippen LogP contribution in [0, 0.1) is 5.82 Å². The van der Waals surface area contributed by atoms with Crippen LogP contribution in [0.2, 0.25) is 0 Å². The summed E-state index contributed by atoms with van der Waals surface area (Å²) in [6.45, 7) is 0.424. The van der Waals surface area contributed by atoms with Crippen molar-refractivity contribution < 1.29 is 13.9 Å². The van der Waals surface area contributed by atoms with Gasteiger partial charge in [-0.1, -0.05) is 42.1 Å². The molecular formula is C19H20FN5O2S. The molecule has 1 aromatic heterocycles.